The Morgan fingerprint density at radius 3 is 2.08 bits per heavy atom. The Hall–Kier alpha value is -2.27. The van der Waals surface area contributed by atoms with E-state index in [4.69, 9.17) is 0 Å². The fraction of sp³-hybridized carbons (Fsp3) is 0.263. The number of carbonyl (C=O) groups excluding carboxylic acids is 2. The van der Waals surface area contributed by atoms with Crippen molar-refractivity contribution in [3.05, 3.63) is 66.2 Å². The fourth-order valence-corrected chi connectivity index (χ4v) is 3.20. The van der Waals surface area contributed by atoms with Gasteiger partial charge in [-0.2, -0.15) is 0 Å². The van der Waals surface area contributed by atoms with Crippen LogP contribution in [0.3, 0.4) is 0 Å². The number of hydrogen-bond donors (Lipinski definition) is 2. The molecule has 4 nitrogen and oxygen atoms in total. The molecule has 5 heteroatoms. The quantitative estimate of drug-likeness (QED) is 0.621. The Bertz CT molecular complexity index is 660. The molecule has 0 saturated carbocycles. The minimum Gasteiger partial charge on any atom is -0.273 e. The summed E-state index contributed by atoms with van der Waals surface area (Å²) >= 11 is 1.45. The molecule has 2 amide bonds. The molecule has 2 aromatic rings. The second-order valence-corrected chi connectivity index (χ2v) is 7.04. The lowest BCUT2D eigenvalue weighted by molar-refractivity contribution is -0.129. The van der Waals surface area contributed by atoms with Crippen LogP contribution in [0.4, 0.5) is 0 Å². The molecule has 0 aromatic heterocycles. The summed E-state index contributed by atoms with van der Waals surface area (Å²) in [5.74, 6) is -0.187. The lowest BCUT2D eigenvalue weighted by atomic mass is 10.1. The van der Waals surface area contributed by atoms with Crippen LogP contribution in [0.5, 0.6) is 0 Å². The summed E-state index contributed by atoms with van der Waals surface area (Å²) in [5.41, 5.74) is 5.94. The van der Waals surface area contributed by atoms with E-state index in [0.29, 0.717) is 6.42 Å². The molecule has 0 aliphatic carbocycles. The van der Waals surface area contributed by atoms with E-state index in [2.05, 4.69) is 10.9 Å². The van der Waals surface area contributed by atoms with Gasteiger partial charge in [0.1, 0.15) is 5.25 Å². The zero-order valence-corrected chi connectivity index (χ0v) is 14.7. The third-order valence-corrected chi connectivity index (χ3v) is 4.52. The molecular weight excluding hydrogens is 320 g/mol. The average molecular weight is 342 g/mol. The zero-order chi connectivity index (χ0) is 17.4. The number of thioether (sulfide) groups is 1. The number of benzene rings is 2. The standard InChI is InChI=1S/C19H22N2O2S/c1-14(2)13-17(22)20-21-19(23)18(15-9-5-3-6-10-15)24-16-11-7-4-8-12-16/h3-12,14,18H,13H2,1-2H3,(H,20,22)(H,21,23)/t18-/m1/s1. The van der Waals surface area contributed by atoms with E-state index < -0.39 is 5.25 Å². The summed E-state index contributed by atoms with van der Waals surface area (Å²) in [6.07, 6.45) is 0.377. The first-order valence-corrected chi connectivity index (χ1v) is 8.79. The molecule has 0 fully saturated rings. The van der Waals surface area contributed by atoms with Gasteiger partial charge in [0, 0.05) is 11.3 Å². The second kappa shape index (κ2) is 9.13. The number of amides is 2. The van der Waals surface area contributed by atoms with Gasteiger partial charge in [-0.05, 0) is 23.6 Å². The van der Waals surface area contributed by atoms with E-state index in [-0.39, 0.29) is 17.7 Å². The molecule has 126 valence electrons. The molecule has 1 atom stereocenters. The van der Waals surface area contributed by atoms with Crippen LogP contribution in [0.1, 0.15) is 31.1 Å². The second-order valence-electron chi connectivity index (χ2n) is 5.86. The molecular formula is C19H22N2O2S. The van der Waals surface area contributed by atoms with Crippen LogP contribution in [0.25, 0.3) is 0 Å². The number of carbonyl (C=O) groups is 2. The fourth-order valence-electron chi connectivity index (χ4n) is 2.15. The molecule has 0 saturated heterocycles. The van der Waals surface area contributed by atoms with Crippen molar-refractivity contribution in [1.29, 1.82) is 0 Å². The van der Waals surface area contributed by atoms with Crippen molar-refractivity contribution in [3.63, 3.8) is 0 Å². The van der Waals surface area contributed by atoms with E-state index in [9.17, 15) is 9.59 Å². The molecule has 0 radical (unpaired) electrons. The third-order valence-electron chi connectivity index (χ3n) is 3.26. The highest BCUT2D eigenvalue weighted by Crippen LogP contribution is 2.35. The van der Waals surface area contributed by atoms with Gasteiger partial charge >= 0.3 is 0 Å². The van der Waals surface area contributed by atoms with E-state index >= 15 is 0 Å². The monoisotopic (exact) mass is 342 g/mol. The minimum absolute atomic E-state index is 0.185. The van der Waals surface area contributed by atoms with Gasteiger partial charge in [0.25, 0.3) is 5.91 Å². The van der Waals surface area contributed by atoms with Gasteiger partial charge in [-0.3, -0.25) is 20.4 Å². The summed E-state index contributed by atoms with van der Waals surface area (Å²) < 4.78 is 0. The van der Waals surface area contributed by atoms with Crippen LogP contribution >= 0.6 is 11.8 Å². The Morgan fingerprint density at radius 1 is 0.917 bits per heavy atom. The summed E-state index contributed by atoms with van der Waals surface area (Å²) in [7, 11) is 0. The first-order valence-electron chi connectivity index (χ1n) is 7.91. The number of rotatable bonds is 6. The highest BCUT2D eigenvalue weighted by atomic mass is 32.2. The summed E-state index contributed by atoms with van der Waals surface area (Å²) in [6, 6.07) is 19.3. The van der Waals surface area contributed by atoms with Gasteiger partial charge in [0.15, 0.2) is 0 Å². The van der Waals surface area contributed by atoms with Crippen LogP contribution in [-0.4, -0.2) is 11.8 Å². The van der Waals surface area contributed by atoms with Crippen molar-refractivity contribution in [2.75, 3.05) is 0 Å². The Morgan fingerprint density at radius 2 is 1.50 bits per heavy atom. The van der Waals surface area contributed by atoms with Crippen molar-refractivity contribution in [3.8, 4) is 0 Å². The van der Waals surface area contributed by atoms with Crippen molar-refractivity contribution in [1.82, 2.24) is 10.9 Å². The molecule has 0 unspecified atom stereocenters. The van der Waals surface area contributed by atoms with Crippen LogP contribution in [-0.2, 0) is 9.59 Å². The number of nitrogens with one attached hydrogen (secondary N) is 2. The molecule has 0 bridgehead atoms. The van der Waals surface area contributed by atoms with Crippen molar-refractivity contribution in [2.24, 2.45) is 5.92 Å². The van der Waals surface area contributed by atoms with Crippen LogP contribution in [0, 0.1) is 5.92 Å². The maximum absolute atomic E-state index is 12.6. The molecule has 0 spiro atoms. The lowest BCUT2D eigenvalue weighted by Crippen LogP contribution is -2.43. The van der Waals surface area contributed by atoms with Gasteiger partial charge in [-0.1, -0.05) is 62.4 Å². The average Bonchev–Trinajstić information content (AvgIpc) is 2.58. The highest BCUT2D eigenvalue weighted by molar-refractivity contribution is 8.00. The van der Waals surface area contributed by atoms with E-state index in [1.54, 1.807) is 0 Å². The van der Waals surface area contributed by atoms with E-state index in [0.717, 1.165) is 10.5 Å². The molecule has 24 heavy (non-hydrogen) atoms. The van der Waals surface area contributed by atoms with E-state index in [1.165, 1.54) is 11.8 Å². The lowest BCUT2D eigenvalue weighted by Gasteiger charge is -2.17. The third kappa shape index (κ3) is 5.74. The predicted molar refractivity (Wildman–Crippen MR) is 97.2 cm³/mol. The molecule has 2 N–H and O–H groups in total. The van der Waals surface area contributed by atoms with Crippen LogP contribution < -0.4 is 10.9 Å². The minimum atomic E-state index is -0.437. The largest absolute Gasteiger partial charge is 0.273 e. The van der Waals surface area contributed by atoms with Crippen LogP contribution in [0.2, 0.25) is 0 Å². The van der Waals surface area contributed by atoms with E-state index in [1.807, 2.05) is 74.5 Å². The molecule has 2 aromatic carbocycles. The maximum Gasteiger partial charge on any atom is 0.256 e. The maximum atomic E-state index is 12.6. The molecule has 0 heterocycles. The van der Waals surface area contributed by atoms with Gasteiger partial charge in [-0.25, -0.2) is 0 Å². The highest BCUT2D eigenvalue weighted by Gasteiger charge is 2.22. The number of hydrogen-bond acceptors (Lipinski definition) is 3. The normalized spacial score (nSPS) is 11.8. The number of hydrazine groups is 1. The van der Waals surface area contributed by atoms with Crippen molar-refractivity contribution < 1.29 is 9.59 Å². The summed E-state index contributed by atoms with van der Waals surface area (Å²) in [4.78, 5) is 25.3. The smallest absolute Gasteiger partial charge is 0.256 e. The first kappa shape index (κ1) is 18.1. The van der Waals surface area contributed by atoms with Crippen molar-refractivity contribution in [2.45, 2.75) is 30.4 Å². The Balaban J connectivity index is 2.08. The predicted octanol–water partition coefficient (Wildman–Crippen LogP) is 3.71. The summed E-state index contributed by atoms with van der Waals surface area (Å²) in [5, 5.41) is -0.437. The SMILES string of the molecule is CC(C)CC(=O)NNC(=O)[C@H](Sc1ccccc1)c1ccccc1. The van der Waals surface area contributed by atoms with Gasteiger partial charge in [-0.15, -0.1) is 11.8 Å². The summed E-state index contributed by atoms with van der Waals surface area (Å²) in [6.45, 7) is 3.92. The molecule has 2 rings (SSSR count). The molecule has 0 aliphatic heterocycles. The van der Waals surface area contributed by atoms with Gasteiger partial charge in [0.2, 0.25) is 5.91 Å². The van der Waals surface area contributed by atoms with Gasteiger partial charge in [0.05, 0.1) is 0 Å². The van der Waals surface area contributed by atoms with Gasteiger partial charge < -0.3 is 0 Å². The topological polar surface area (TPSA) is 58.2 Å². The zero-order valence-electron chi connectivity index (χ0n) is 13.9. The molecule has 0 aliphatic rings. The van der Waals surface area contributed by atoms with Crippen molar-refractivity contribution >= 4 is 23.6 Å². The van der Waals surface area contributed by atoms with Crippen LogP contribution in [0.15, 0.2) is 65.6 Å². The first-order chi connectivity index (χ1) is 11.6. The Kier molecular flexibility index (Phi) is 6.88. The Labute approximate surface area is 147 Å².